The molecule has 5 nitrogen and oxygen atoms in total. The molecule has 102 valence electrons. The lowest BCUT2D eigenvalue weighted by Crippen LogP contribution is -2.32. The third-order valence-electron chi connectivity index (χ3n) is 2.72. The maximum Gasteiger partial charge on any atom is 0.338 e. The van der Waals surface area contributed by atoms with Gasteiger partial charge in [-0.2, -0.15) is 0 Å². The Balaban J connectivity index is 2.40. The van der Waals surface area contributed by atoms with Gasteiger partial charge in [0.15, 0.2) is 0 Å². The fourth-order valence-electron chi connectivity index (χ4n) is 1.88. The SMILES string of the molecule is CCOC(=O)C1=C(C)NC(OC)=NC1c1cccs1. The number of rotatable bonds is 3. The first-order valence-electron chi connectivity index (χ1n) is 5.97. The number of carbonyl (C=O) groups is 1. The summed E-state index contributed by atoms with van der Waals surface area (Å²) in [7, 11) is 1.54. The molecule has 0 saturated heterocycles. The Labute approximate surface area is 115 Å². The normalized spacial score (nSPS) is 18.7. The van der Waals surface area contributed by atoms with Crippen LogP contribution in [-0.2, 0) is 14.3 Å². The largest absolute Gasteiger partial charge is 0.468 e. The average molecular weight is 280 g/mol. The van der Waals surface area contributed by atoms with Crippen molar-refractivity contribution in [3.8, 4) is 0 Å². The molecule has 1 aromatic heterocycles. The second-order valence-electron chi connectivity index (χ2n) is 3.94. The van der Waals surface area contributed by atoms with Crippen LogP contribution >= 0.6 is 11.3 Å². The van der Waals surface area contributed by atoms with Crippen LogP contribution in [-0.4, -0.2) is 25.7 Å². The minimum Gasteiger partial charge on any atom is -0.468 e. The number of esters is 1. The predicted molar refractivity (Wildman–Crippen MR) is 74.0 cm³/mol. The molecule has 1 atom stereocenters. The van der Waals surface area contributed by atoms with Crippen LogP contribution in [0.15, 0.2) is 33.8 Å². The molecule has 0 radical (unpaired) electrons. The topological polar surface area (TPSA) is 59.9 Å². The second-order valence-corrected chi connectivity index (χ2v) is 4.92. The Morgan fingerprint density at radius 1 is 1.58 bits per heavy atom. The molecule has 0 fully saturated rings. The zero-order valence-corrected chi connectivity index (χ0v) is 11.9. The third-order valence-corrected chi connectivity index (χ3v) is 3.64. The van der Waals surface area contributed by atoms with Crippen molar-refractivity contribution in [2.24, 2.45) is 4.99 Å². The Kier molecular flexibility index (Phi) is 4.21. The highest BCUT2D eigenvalue weighted by Gasteiger charge is 2.31. The van der Waals surface area contributed by atoms with Crippen molar-refractivity contribution >= 4 is 23.3 Å². The highest BCUT2D eigenvalue weighted by atomic mass is 32.1. The standard InChI is InChI=1S/C13H16N2O3S/c1-4-18-12(16)10-8(2)14-13(17-3)15-11(10)9-6-5-7-19-9/h5-7,11H,4H2,1-3H3,(H,14,15). The fraction of sp³-hybridized carbons (Fsp3) is 0.385. The van der Waals surface area contributed by atoms with Gasteiger partial charge in [-0.1, -0.05) is 6.07 Å². The lowest BCUT2D eigenvalue weighted by molar-refractivity contribution is -0.138. The number of allylic oxidation sites excluding steroid dienone is 1. The van der Waals surface area contributed by atoms with Crippen LogP contribution in [0.5, 0.6) is 0 Å². The molecule has 0 bridgehead atoms. The molecule has 2 rings (SSSR count). The van der Waals surface area contributed by atoms with Gasteiger partial charge in [-0.25, -0.2) is 9.79 Å². The van der Waals surface area contributed by atoms with Crippen LogP contribution in [0, 0.1) is 0 Å². The van der Waals surface area contributed by atoms with E-state index in [1.165, 1.54) is 0 Å². The Hall–Kier alpha value is -1.82. The average Bonchev–Trinajstić information content (AvgIpc) is 2.91. The number of ether oxygens (including phenoxy) is 2. The van der Waals surface area contributed by atoms with Crippen LogP contribution in [0.2, 0.25) is 0 Å². The summed E-state index contributed by atoms with van der Waals surface area (Å²) in [5.41, 5.74) is 1.24. The van der Waals surface area contributed by atoms with Gasteiger partial charge in [0.1, 0.15) is 6.04 Å². The predicted octanol–water partition coefficient (Wildman–Crippen LogP) is 2.23. The number of aliphatic imine (C=N–C) groups is 1. The number of amidine groups is 1. The molecule has 1 aliphatic heterocycles. The molecule has 0 saturated carbocycles. The third kappa shape index (κ3) is 2.78. The van der Waals surface area contributed by atoms with Crippen LogP contribution in [0.3, 0.4) is 0 Å². The zero-order valence-electron chi connectivity index (χ0n) is 11.1. The first-order chi connectivity index (χ1) is 9.17. The van der Waals surface area contributed by atoms with Crippen LogP contribution in [0.4, 0.5) is 0 Å². The molecule has 1 unspecified atom stereocenters. The summed E-state index contributed by atoms with van der Waals surface area (Å²) in [4.78, 5) is 17.5. The van der Waals surface area contributed by atoms with Crippen molar-refractivity contribution in [3.05, 3.63) is 33.7 Å². The van der Waals surface area contributed by atoms with Crippen LogP contribution in [0.25, 0.3) is 0 Å². The number of nitrogens with one attached hydrogen (secondary N) is 1. The summed E-state index contributed by atoms with van der Waals surface area (Å²) in [6, 6.07) is 3.92. The molecule has 6 heteroatoms. The van der Waals surface area contributed by atoms with E-state index >= 15 is 0 Å². The van der Waals surface area contributed by atoms with E-state index < -0.39 is 0 Å². The van der Waals surface area contributed by atoms with E-state index in [-0.39, 0.29) is 12.0 Å². The first-order valence-corrected chi connectivity index (χ1v) is 6.85. The molecule has 0 amide bonds. The van der Waals surface area contributed by atoms with Crippen molar-refractivity contribution < 1.29 is 14.3 Å². The van der Waals surface area contributed by atoms with Crippen LogP contribution in [0.1, 0.15) is 24.8 Å². The van der Waals surface area contributed by atoms with E-state index in [0.717, 1.165) is 4.88 Å². The molecule has 1 aromatic rings. The van der Waals surface area contributed by atoms with Crippen molar-refractivity contribution in [1.82, 2.24) is 5.32 Å². The van der Waals surface area contributed by atoms with Gasteiger partial charge in [0, 0.05) is 10.6 Å². The number of hydrogen-bond acceptors (Lipinski definition) is 6. The number of thiophene rings is 1. The molecule has 0 aliphatic carbocycles. The summed E-state index contributed by atoms with van der Waals surface area (Å²) in [5, 5.41) is 4.91. The van der Waals surface area contributed by atoms with Gasteiger partial charge in [0.25, 0.3) is 6.02 Å². The maximum absolute atomic E-state index is 12.1. The highest BCUT2D eigenvalue weighted by Crippen LogP contribution is 2.33. The van der Waals surface area contributed by atoms with Crippen molar-refractivity contribution in [3.63, 3.8) is 0 Å². The Morgan fingerprint density at radius 3 is 2.95 bits per heavy atom. The molecule has 0 spiro atoms. The molecule has 1 aliphatic rings. The van der Waals surface area contributed by atoms with Gasteiger partial charge in [-0.05, 0) is 25.3 Å². The first kappa shape index (κ1) is 13.6. The van der Waals surface area contributed by atoms with Gasteiger partial charge in [-0.15, -0.1) is 11.3 Å². The van der Waals surface area contributed by atoms with Gasteiger partial charge in [-0.3, -0.25) is 0 Å². The van der Waals surface area contributed by atoms with E-state index in [1.807, 2.05) is 24.4 Å². The van der Waals surface area contributed by atoms with Crippen LogP contribution < -0.4 is 5.32 Å². The minimum atomic E-state index is -0.366. The molecular formula is C13H16N2O3S. The smallest absolute Gasteiger partial charge is 0.338 e. The quantitative estimate of drug-likeness (QED) is 0.863. The zero-order chi connectivity index (χ0) is 13.8. The van der Waals surface area contributed by atoms with Crippen molar-refractivity contribution in [1.29, 1.82) is 0 Å². The summed E-state index contributed by atoms with van der Waals surface area (Å²) in [6.45, 7) is 3.95. The molecule has 19 heavy (non-hydrogen) atoms. The van der Waals surface area contributed by atoms with Gasteiger partial charge < -0.3 is 14.8 Å². The summed E-state index contributed by atoms with van der Waals surface area (Å²) in [6.07, 6.45) is 0. The lowest BCUT2D eigenvalue weighted by Gasteiger charge is -2.24. The summed E-state index contributed by atoms with van der Waals surface area (Å²) < 4.78 is 10.2. The van der Waals surface area contributed by atoms with E-state index in [2.05, 4.69) is 10.3 Å². The number of hydrogen-bond donors (Lipinski definition) is 1. The summed E-state index contributed by atoms with van der Waals surface area (Å²) >= 11 is 1.55. The van der Waals surface area contributed by atoms with Gasteiger partial charge >= 0.3 is 5.97 Å². The fourth-order valence-corrected chi connectivity index (χ4v) is 2.65. The van der Waals surface area contributed by atoms with E-state index in [4.69, 9.17) is 9.47 Å². The maximum atomic E-state index is 12.1. The monoisotopic (exact) mass is 280 g/mol. The van der Waals surface area contributed by atoms with Crippen molar-refractivity contribution in [2.75, 3.05) is 13.7 Å². The Bertz CT molecular complexity index is 520. The van der Waals surface area contributed by atoms with E-state index in [1.54, 1.807) is 25.4 Å². The Morgan fingerprint density at radius 2 is 2.37 bits per heavy atom. The van der Waals surface area contributed by atoms with Crippen molar-refractivity contribution in [2.45, 2.75) is 19.9 Å². The number of methoxy groups -OCH3 is 1. The number of carbonyl (C=O) groups excluding carboxylic acids is 1. The number of nitrogens with zero attached hydrogens (tertiary/aromatic N) is 1. The van der Waals surface area contributed by atoms with E-state index in [0.29, 0.717) is 23.9 Å². The molecule has 1 N–H and O–H groups in total. The molecular weight excluding hydrogens is 264 g/mol. The highest BCUT2D eigenvalue weighted by molar-refractivity contribution is 7.10. The second kappa shape index (κ2) is 5.88. The van der Waals surface area contributed by atoms with Gasteiger partial charge in [0.2, 0.25) is 0 Å². The lowest BCUT2D eigenvalue weighted by atomic mass is 10.0. The van der Waals surface area contributed by atoms with Gasteiger partial charge in [0.05, 0.1) is 19.3 Å². The minimum absolute atomic E-state index is 0.341. The summed E-state index contributed by atoms with van der Waals surface area (Å²) in [5.74, 6) is -0.343. The molecule has 2 heterocycles. The molecule has 0 aromatic carbocycles. The van der Waals surface area contributed by atoms with E-state index in [9.17, 15) is 4.79 Å².